The van der Waals surface area contributed by atoms with Crippen molar-refractivity contribution in [2.75, 3.05) is 19.6 Å². The molecule has 6 heteroatoms. The van der Waals surface area contributed by atoms with Crippen LogP contribution in [0.25, 0.3) is 0 Å². The smallest absolute Gasteiger partial charge is 0.320 e. The van der Waals surface area contributed by atoms with Crippen molar-refractivity contribution >= 4 is 23.3 Å². The third kappa shape index (κ3) is 2.18. The van der Waals surface area contributed by atoms with Gasteiger partial charge in [0.15, 0.2) is 0 Å². The predicted octanol–water partition coefficient (Wildman–Crippen LogP) is 2.19. The van der Waals surface area contributed by atoms with Crippen molar-refractivity contribution in [1.29, 1.82) is 0 Å². The van der Waals surface area contributed by atoms with Gasteiger partial charge in [-0.1, -0.05) is 0 Å². The molecule has 2 aliphatic heterocycles. The molecule has 2 aliphatic rings. The zero-order valence-corrected chi connectivity index (χ0v) is 12.2. The molecule has 2 unspecified atom stereocenters. The van der Waals surface area contributed by atoms with Crippen LogP contribution in [0.5, 0.6) is 0 Å². The number of carbonyl (C=O) groups excluding carboxylic acids is 1. The Balaban J connectivity index is 1.71. The van der Waals surface area contributed by atoms with Crippen LogP contribution >= 0.6 is 11.3 Å². The minimum atomic E-state index is -0.799. The number of hydrogen-bond donors (Lipinski definition) is 1. The lowest BCUT2D eigenvalue weighted by atomic mass is 10.0. The van der Waals surface area contributed by atoms with E-state index in [-0.39, 0.29) is 12.1 Å². The lowest BCUT2D eigenvalue weighted by Crippen LogP contribution is -2.46. The SMILES string of the molecule is CC1c2ccsc2CCN1C(=O)N1CCC(C(=O)O)C1. The van der Waals surface area contributed by atoms with Gasteiger partial charge in [-0.15, -0.1) is 11.3 Å². The van der Waals surface area contributed by atoms with E-state index in [1.165, 1.54) is 10.4 Å². The number of rotatable bonds is 1. The lowest BCUT2D eigenvalue weighted by Gasteiger charge is -2.36. The highest BCUT2D eigenvalue weighted by atomic mass is 32.1. The number of nitrogens with zero attached hydrogens (tertiary/aromatic N) is 2. The summed E-state index contributed by atoms with van der Waals surface area (Å²) in [5.74, 6) is -1.21. The molecule has 3 heterocycles. The average Bonchev–Trinajstić information content (AvgIpc) is 3.08. The van der Waals surface area contributed by atoms with E-state index >= 15 is 0 Å². The molecule has 0 saturated carbocycles. The van der Waals surface area contributed by atoms with Gasteiger partial charge in [0.25, 0.3) is 0 Å². The van der Waals surface area contributed by atoms with Crippen molar-refractivity contribution in [1.82, 2.24) is 9.80 Å². The second kappa shape index (κ2) is 5.09. The van der Waals surface area contributed by atoms with Crippen molar-refractivity contribution in [2.45, 2.75) is 25.8 Å². The third-order valence-corrected chi connectivity index (χ3v) is 5.33. The molecule has 0 bridgehead atoms. The molecule has 0 spiro atoms. The number of thiophene rings is 1. The first kappa shape index (κ1) is 13.4. The summed E-state index contributed by atoms with van der Waals surface area (Å²) in [4.78, 5) is 28.5. The molecule has 5 nitrogen and oxygen atoms in total. The van der Waals surface area contributed by atoms with Crippen LogP contribution in [0.1, 0.15) is 29.8 Å². The summed E-state index contributed by atoms with van der Waals surface area (Å²) < 4.78 is 0. The van der Waals surface area contributed by atoms with Crippen molar-refractivity contribution in [3.63, 3.8) is 0 Å². The van der Waals surface area contributed by atoms with Crippen molar-refractivity contribution in [3.05, 3.63) is 21.9 Å². The number of aliphatic carboxylic acids is 1. The van der Waals surface area contributed by atoms with Crippen molar-refractivity contribution in [2.24, 2.45) is 5.92 Å². The summed E-state index contributed by atoms with van der Waals surface area (Å²) in [5.41, 5.74) is 1.24. The van der Waals surface area contributed by atoms with E-state index in [1.807, 2.05) is 11.8 Å². The minimum Gasteiger partial charge on any atom is -0.481 e. The van der Waals surface area contributed by atoms with Crippen LogP contribution in [0, 0.1) is 5.92 Å². The normalized spacial score (nSPS) is 25.6. The maximum absolute atomic E-state index is 12.6. The topological polar surface area (TPSA) is 60.9 Å². The third-order valence-electron chi connectivity index (χ3n) is 4.33. The highest BCUT2D eigenvalue weighted by molar-refractivity contribution is 7.10. The summed E-state index contributed by atoms with van der Waals surface area (Å²) in [5, 5.41) is 11.1. The number of carboxylic acids is 1. The summed E-state index contributed by atoms with van der Waals surface area (Å²) in [6.45, 7) is 3.67. The van der Waals surface area contributed by atoms with Crippen molar-refractivity contribution < 1.29 is 14.7 Å². The van der Waals surface area contributed by atoms with Gasteiger partial charge in [-0.05, 0) is 36.8 Å². The first-order chi connectivity index (χ1) is 9.58. The predicted molar refractivity (Wildman–Crippen MR) is 75.9 cm³/mol. The fraction of sp³-hybridized carbons (Fsp3) is 0.571. The highest BCUT2D eigenvalue weighted by Gasteiger charge is 2.36. The van der Waals surface area contributed by atoms with E-state index in [0.717, 1.165) is 13.0 Å². The van der Waals surface area contributed by atoms with Crippen LogP contribution in [-0.2, 0) is 11.2 Å². The fourth-order valence-electron chi connectivity index (χ4n) is 3.09. The van der Waals surface area contributed by atoms with Gasteiger partial charge < -0.3 is 14.9 Å². The van der Waals surface area contributed by atoms with Gasteiger partial charge >= 0.3 is 12.0 Å². The Labute approximate surface area is 121 Å². The first-order valence-corrected chi connectivity index (χ1v) is 7.80. The summed E-state index contributed by atoms with van der Waals surface area (Å²) in [6, 6.07) is 2.16. The van der Waals surface area contributed by atoms with E-state index in [9.17, 15) is 9.59 Å². The highest BCUT2D eigenvalue weighted by Crippen LogP contribution is 2.34. The molecule has 20 heavy (non-hydrogen) atoms. The monoisotopic (exact) mass is 294 g/mol. The van der Waals surface area contributed by atoms with Gasteiger partial charge in [0.1, 0.15) is 0 Å². The van der Waals surface area contributed by atoms with Gasteiger partial charge in [0.05, 0.1) is 12.0 Å². The van der Waals surface area contributed by atoms with Gasteiger partial charge in [-0.2, -0.15) is 0 Å². The molecule has 0 aromatic carbocycles. The molecule has 1 fully saturated rings. The standard InChI is InChI=1S/C14H18N2O3S/c1-9-11-4-7-20-12(11)3-6-16(9)14(19)15-5-2-10(8-15)13(17)18/h4,7,9-10H,2-3,5-6,8H2,1H3,(H,17,18). The summed E-state index contributed by atoms with van der Waals surface area (Å²) in [7, 11) is 0. The Hall–Kier alpha value is -1.56. The van der Waals surface area contributed by atoms with Crippen LogP contribution < -0.4 is 0 Å². The van der Waals surface area contributed by atoms with E-state index in [2.05, 4.69) is 11.4 Å². The Morgan fingerprint density at radius 2 is 2.20 bits per heavy atom. The van der Waals surface area contributed by atoms with E-state index in [0.29, 0.717) is 19.5 Å². The largest absolute Gasteiger partial charge is 0.481 e. The summed E-state index contributed by atoms with van der Waals surface area (Å²) >= 11 is 1.75. The number of fused-ring (bicyclic) bond motifs is 1. The second-order valence-corrected chi connectivity index (χ2v) is 6.47. The molecule has 0 radical (unpaired) electrons. The molecular formula is C14H18N2O3S. The van der Waals surface area contributed by atoms with Crippen LogP contribution in [0.15, 0.2) is 11.4 Å². The molecule has 1 aromatic rings. The average molecular weight is 294 g/mol. The maximum Gasteiger partial charge on any atom is 0.320 e. The Morgan fingerprint density at radius 1 is 1.40 bits per heavy atom. The van der Waals surface area contributed by atoms with Crippen LogP contribution in [-0.4, -0.2) is 46.5 Å². The molecule has 2 amide bonds. The molecule has 1 saturated heterocycles. The Bertz CT molecular complexity index is 542. The molecular weight excluding hydrogens is 276 g/mol. The molecule has 2 atom stereocenters. The van der Waals surface area contributed by atoms with Crippen LogP contribution in [0.3, 0.4) is 0 Å². The fourth-order valence-corrected chi connectivity index (χ4v) is 4.05. The number of amides is 2. The van der Waals surface area contributed by atoms with Gasteiger partial charge in [-0.3, -0.25) is 4.79 Å². The van der Waals surface area contributed by atoms with Gasteiger partial charge in [0.2, 0.25) is 0 Å². The van der Waals surface area contributed by atoms with Crippen molar-refractivity contribution in [3.8, 4) is 0 Å². The molecule has 0 aliphatic carbocycles. The van der Waals surface area contributed by atoms with Crippen LogP contribution in [0.2, 0.25) is 0 Å². The number of carbonyl (C=O) groups is 2. The number of hydrogen-bond acceptors (Lipinski definition) is 3. The zero-order valence-electron chi connectivity index (χ0n) is 11.4. The second-order valence-electron chi connectivity index (χ2n) is 5.47. The maximum atomic E-state index is 12.6. The molecule has 108 valence electrons. The number of carboxylic acid groups (broad SMARTS) is 1. The van der Waals surface area contributed by atoms with Crippen LogP contribution in [0.4, 0.5) is 4.79 Å². The molecule has 3 rings (SSSR count). The lowest BCUT2D eigenvalue weighted by molar-refractivity contribution is -0.141. The molecule has 1 N–H and O–H groups in total. The minimum absolute atomic E-state index is 0.0156. The number of urea groups is 1. The van der Waals surface area contributed by atoms with E-state index in [4.69, 9.17) is 5.11 Å². The van der Waals surface area contributed by atoms with Gasteiger partial charge in [-0.25, -0.2) is 4.79 Å². The van der Waals surface area contributed by atoms with Gasteiger partial charge in [0, 0.05) is 24.5 Å². The molecule has 1 aromatic heterocycles. The van der Waals surface area contributed by atoms with E-state index in [1.54, 1.807) is 16.2 Å². The number of likely N-dealkylation sites (tertiary alicyclic amines) is 1. The quantitative estimate of drug-likeness (QED) is 0.863. The zero-order chi connectivity index (χ0) is 14.3. The first-order valence-electron chi connectivity index (χ1n) is 6.92. The summed E-state index contributed by atoms with van der Waals surface area (Å²) in [6.07, 6.45) is 1.46. The van der Waals surface area contributed by atoms with E-state index < -0.39 is 11.9 Å². The Morgan fingerprint density at radius 3 is 2.90 bits per heavy atom. The Kier molecular flexibility index (Phi) is 3.41.